The zero-order valence-corrected chi connectivity index (χ0v) is 10.2. The van der Waals surface area contributed by atoms with Crippen LogP contribution in [0.5, 0.6) is 0 Å². The summed E-state index contributed by atoms with van der Waals surface area (Å²) in [4.78, 5) is 22.5. The van der Waals surface area contributed by atoms with Gasteiger partial charge in [0.1, 0.15) is 6.54 Å². The van der Waals surface area contributed by atoms with E-state index in [0.29, 0.717) is 0 Å². The maximum Gasteiger partial charge on any atom is 0.418 e. The van der Waals surface area contributed by atoms with E-state index in [-0.39, 0.29) is 18.7 Å². The van der Waals surface area contributed by atoms with Crippen molar-refractivity contribution < 1.29 is 27.9 Å². The number of carboxylic acid groups (broad SMARTS) is 1. The number of para-hydroxylation sites is 1. The maximum absolute atomic E-state index is 12.9. The fraction of sp³-hybridized carbons (Fsp3) is 0.333. The number of carbonyl (C=O) groups excluding carboxylic acids is 1. The summed E-state index contributed by atoms with van der Waals surface area (Å²) in [5.41, 5.74) is -1.31. The Morgan fingerprint density at radius 1 is 1.30 bits per heavy atom. The smallest absolute Gasteiger partial charge is 0.418 e. The van der Waals surface area contributed by atoms with E-state index in [9.17, 15) is 22.8 Å². The number of halogens is 3. The van der Waals surface area contributed by atoms with Crippen LogP contribution in [0.15, 0.2) is 24.3 Å². The molecule has 0 aromatic heterocycles. The first-order valence-electron chi connectivity index (χ1n) is 5.76. The lowest BCUT2D eigenvalue weighted by Crippen LogP contribution is -2.43. The number of aliphatic carboxylic acids is 1. The van der Waals surface area contributed by atoms with E-state index in [4.69, 9.17) is 5.11 Å². The number of nitrogens with zero attached hydrogens (tertiary/aromatic N) is 2. The number of carbonyl (C=O) groups is 2. The molecule has 108 valence electrons. The molecule has 1 heterocycles. The lowest BCUT2D eigenvalue weighted by atomic mass is 10.1. The van der Waals surface area contributed by atoms with Crippen LogP contribution in [0.3, 0.4) is 0 Å². The highest BCUT2D eigenvalue weighted by Crippen LogP contribution is 2.38. The molecular formula is C12H11F3N2O3. The number of hydrogen-bond donors (Lipinski definition) is 1. The minimum atomic E-state index is -4.62. The van der Waals surface area contributed by atoms with Crippen molar-refractivity contribution in [2.24, 2.45) is 0 Å². The fourth-order valence-electron chi connectivity index (χ4n) is 2.08. The van der Waals surface area contributed by atoms with Crippen LogP contribution >= 0.6 is 0 Å². The lowest BCUT2D eigenvalue weighted by molar-refractivity contribution is -0.138. The quantitative estimate of drug-likeness (QED) is 0.920. The molecule has 1 aliphatic heterocycles. The Morgan fingerprint density at radius 2 is 1.95 bits per heavy atom. The summed E-state index contributed by atoms with van der Waals surface area (Å²) in [5, 5.41) is 10.6. The fourth-order valence-corrected chi connectivity index (χ4v) is 2.08. The summed E-state index contributed by atoms with van der Waals surface area (Å²) in [5.74, 6) is -1.77. The van der Waals surface area contributed by atoms with Crippen molar-refractivity contribution in [3.63, 3.8) is 0 Å². The van der Waals surface area contributed by atoms with Crippen molar-refractivity contribution in [2.75, 3.05) is 18.1 Å². The molecule has 0 radical (unpaired) electrons. The van der Waals surface area contributed by atoms with E-state index in [2.05, 4.69) is 0 Å². The van der Waals surface area contributed by atoms with Gasteiger partial charge in [0.05, 0.1) is 11.3 Å². The molecule has 0 unspecified atom stereocenters. The van der Waals surface area contributed by atoms with Crippen molar-refractivity contribution >= 4 is 17.6 Å². The zero-order chi connectivity index (χ0) is 14.9. The molecule has 1 aliphatic rings. The third-order valence-electron chi connectivity index (χ3n) is 2.86. The van der Waals surface area contributed by atoms with Crippen LogP contribution < -0.4 is 5.01 Å². The van der Waals surface area contributed by atoms with Crippen LogP contribution in [0.25, 0.3) is 0 Å². The average Bonchev–Trinajstić information content (AvgIpc) is 2.68. The van der Waals surface area contributed by atoms with E-state index < -0.39 is 30.2 Å². The second kappa shape index (κ2) is 5.12. The van der Waals surface area contributed by atoms with Crippen LogP contribution in [-0.4, -0.2) is 35.1 Å². The normalized spacial score (nSPS) is 16.8. The second-order valence-corrected chi connectivity index (χ2v) is 4.25. The van der Waals surface area contributed by atoms with Gasteiger partial charge in [-0.3, -0.25) is 9.59 Å². The van der Waals surface area contributed by atoms with E-state index in [1.807, 2.05) is 0 Å². The van der Waals surface area contributed by atoms with Crippen molar-refractivity contribution in [1.82, 2.24) is 5.01 Å². The number of rotatable bonds is 3. The van der Waals surface area contributed by atoms with Crippen LogP contribution in [0.1, 0.15) is 12.0 Å². The monoisotopic (exact) mass is 288 g/mol. The maximum atomic E-state index is 12.9. The minimum absolute atomic E-state index is 0.0144. The summed E-state index contributed by atoms with van der Waals surface area (Å²) in [6, 6.07) is 4.60. The molecule has 0 aliphatic carbocycles. The lowest BCUT2D eigenvalue weighted by Gasteiger charge is -2.28. The minimum Gasteiger partial charge on any atom is -0.480 e. The van der Waals surface area contributed by atoms with Gasteiger partial charge < -0.3 is 5.11 Å². The van der Waals surface area contributed by atoms with Crippen molar-refractivity contribution in [1.29, 1.82) is 0 Å². The molecule has 1 saturated heterocycles. The molecule has 0 bridgehead atoms. The molecule has 1 aromatic carbocycles. The summed E-state index contributed by atoms with van der Waals surface area (Å²) in [6.45, 7) is -0.449. The molecule has 0 saturated carbocycles. The largest absolute Gasteiger partial charge is 0.480 e. The van der Waals surface area contributed by atoms with E-state index in [0.717, 1.165) is 22.2 Å². The highest BCUT2D eigenvalue weighted by molar-refractivity contribution is 5.95. The molecule has 1 N–H and O–H groups in total. The van der Waals surface area contributed by atoms with Crippen LogP contribution in [-0.2, 0) is 15.8 Å². The highest BCUT2D eigenvalue weighted by Gasteiger charge is 2.39. The van der Waals surface area contributed by atoms with Crippen molar-refractivity contribution in [3.05, 3.63) is 29.8 Å². The van der Waals surface area contributed by atoms with Crippen molar-refractivity contribution in [3.8, 4) is 0 Å². The molecule has 2 rings (SSSR count). The Bertz CT molecular complexity index is 545. The number of carboxylic acids is 1. The predicted octanol–water partition coefficient (Wildman–Crippen LogP) is 1.74. The molecule has 5 nitrogen and oxygen atoms in total. The van der Waals surface area contributed by atoms with Crippen molar-refractivity contribution in [2.45, 2.75) is 12.6 Å². The standard InChI is InChI=1S/C12H11F3N2O3/c13-12(14,15)8-3-1-2-4-9(8)17-10(18)5-6-16(17)7-11(19)20/h1-4H,5-7H2,(H,19,20). The number of hydrazine groups is 1. The Kier molecular flexibility index (Phi) is 3.67. The molecule has 8 heteroatoms. The van der Waals surface area contributed by atoms with Gasteiger partial charge >= 0.3 is 12.1 Å². The predicted molar refractivity (Wildman–Crippen MR) is 62.8 cm³/mol. The van der Waals surface area contributed by atoms with Gasteiger partial charge in [0.25, 0.3) is 0 Å². The van der Waals surface area contributed by atoms with Crippen LogP contribution in [0.2, 0.25) is 0 Å². The van der Waals surface area contributed by atoms with Crippen LogP contribution in [0.4, 0.5) is 18.9 Å². The SMILES string of the molecule is O=C(O)CN1CCC(=O)N1c1ccccc1C(F)(F)F. The first kappa shape index (κ1) is 14.3. The molecule has 1 amide bonds. The van der Waals surface area contributed by atoms with E-state index in [1.54, 1.807) is 0 Å². The first-order chi connectivity index (χ1) is 9.30. The summed E-state index contributed by atoms with van der Waals surface area (Å²) in [7, 11) is 0. The second-order valence-electron chi connectivity index (χ2n) is 4.25. The Morgan fingerprint density at radius 3 is 2.55 bits per heavy atom. The van der Waals surface area contributed by atoms with Crippen LogP contribution in [0, 0.1) is 0 Å². The average molecular weight is 288 g/mol. The van der Waals surface area contributed by atoms with Gasteiger partial charge in [0.15, 0.2) is 0 Å². The number of alkyl halides is 3. The van der Waals surface area contributed by atoms with Gasteiger partial charge in [-0.1, -0.05) is 12.1 Å². The zero-order valence-electron chi connectivity index (χ0n) is 10.2. The topological polar surface area (TPSA) is 60.9 Å². The number of hydrogen-bond acceptors (Lipinski definition) is 3. The van der Waals surface area contributed by atoms with Gasteiger partial charge in [-0.15, -0.1) is 0 Å². The molecule has 20 heavy (non-hydrogen) atoms. The van der Waals surface area contributed by atoms with Gasteiger partial charge in [-0.25, -0.2) is 10.0 Å². The van der Waals surface area contributed by atoms with Gasteiger partial charge in [-0.2, -0.15) is 13.2 Å². The summed E-state index contributed by atoms with van der Waals surface area (Å²) < 4.78 is 38.8. The van der Waals surface area contributed by atoms with Gasteiger partial charge in [0.2, 0.25) is 5.91 Å². The number of anilines is 1. The summed E-state index contributed by atoms with van der Waals surface area (Å²) in [6.07, 6.45) is -4.63. The highest BCUT2D eigenvalue weighted by atomic mass is 19.4. The van der Waals surface area contributed by atoms with Gasteiger partial charge in [0, 0.05) is 13.0 Å². The van der Waals surface area contributed by atoms with E-state index >= 15 is 0 Å². The number of amides is 1. The molecule has 0 atom stereocenters. The van der Waals surface area contributed by atoms with E-state index in [1.165, 1.54) is 12.1 Å². The third kappa shape index (κ3) is 2.74. The Balaban J connectivity index is 2.43. The summed E-state index contributed by atoms with van der Waals surface area (Å²) >= 11 is 0. The Hall–Kier alpha value is -2.09. The molecule has 1 aromatic rings. The molecular weight excluding hydrogens is 277 g/mol. The third-order valence-corrected chi connectivity index (χ3v) is 2.86. The molecule has 1 fully saturated rings. The molecule has 0 spiro atoms. The Labute approximate surface area is 112 Å². The first-order valence-corrected chi connectivity index (χ1v) is 5.76. The van der Waals surface area contributed by atoms with Gasteiger partial charge in [-0.05, 0) is 12.1 Å². The number of benzene rings is 1.